The molecule has 1 aromatic heterocycles. The number of aromatic nitrogens is 1. The van der Waals surface area contributed by atoms with Gasteiger partial charge in [0.05, 0.1) is 13.0 Å². The average molecular weight is 462 g/mol. The van der Waals surface area contributed by atoms with Gasteiger partial charge in [-0.05, 0) is 36.1 Å². The van der Waals surface area contributed by atoms with Crippen LogP contribution in [0.15, 0.2) is 72.9 Å². The number of H-pyrrole nitrogens is 1. The summed E-state index contributed by atoms with van der Waals surface area (Å²) < 4.78 is 11.3. The van der Waals surface area contributed by atoms with Gasteiger partial charge < -0.3 is 25.1 Å². The largest absolute Gasteiger partial charge is 0.433 e. The minimum absolute atomic E-state index is 0.0997. The van der Waals surface area contributed by atoms with Crippen LogP contribution in [0.25, 0.3) is 0 Å². The van der Waals surface area contributed by atoms with Crippen molar-refractivity contribution in [3.63, 3.8) is 0 Å². The molecule has 1 aliphatic rings. The summed E-state index contributed by atoms with van der Waals surface area (Å²) in [7, 11) is 0. The van der Waals surface area contributed by atoms with Crippen LogP contribution in [0.1, 0.15) is 40.5 Å². The summed E-state index contributed by atoms with van der Waals surface area (Å²) in [5.41, 5.74) is 8.62. The minimum Gasteiger partial charge on any atom is -0.433 e. The van der Waals surface area contributed by atoms with Crippen LogP contribution in [0.5, 0.6) is 0 Å². The molecule has 8 nitrogen and oxygen atoms in total. The topological polar surface area (TPSA) is 115 Å². The highest BCUT2D eigenvalue weighted by molar-refractivity contribution is 5.97. The number of nitrogens with zero attached hydrogens (tertiary/aromatic N) is 1. The molecule has 3 N–H and O–H groups in total. The van der Waals surface area contributed by atoms with E-state index >= 15 is 0 Å². The number of benzene rings is 2. The van der Waals surface area contributed by atoms with Crippen LogP contribution in [-0.2, 0) is 32.1 Å². The zero-order chi connectivity index (χ0) is 24.1. The standard InChI is InChI=1S/C26H27N3O5/c1-17(24(27)31)29(21-15-22(30)34-26(21)33-16-19-10-6-3-7-11-19)25(32)23-20(12-13-28-23)14-18-8-4-2-5-9-18/h2-13,17,21,26,28H,14-16H2,1H3,(H2,27,31)/t17-,21?,26-/m0/s1. The number of aromatic amines is 1. The van der Waals surface area contributed by atoms with Crippen LogP contribution < -0.4 is 5.73 Å². The summed E-state index contributed by atoms with van der Waals surface area (Å²) in [4.78, 5) is 42.4. The van der Waals surface area contributed by atoms with Gasteiger partial charge in [-0.15, -0.1) is 0 Å². The fourth-order valence-electron chi connectivity index (χ4n) is 4.09. The van der Waals surface area contributed by atoms with E-state index in [0.717, 1.165) is 16.7 Å². The second kappa shape index (κ2) is 10.4. The van der Waals surface area contributed by atoms with E-state index in [-0.39, 0.29) is 13.0 Å². The third kappa shape index (κ3) is 5.18. The Labute approximate surface area is 197 Å². The van der Waals surface area contributed by atoms with Gasteiger partial charge in [-0.2, -0.15) is 0 Å². The van der Waals surface area contributed by atoms with Crippen molar-refractivity contribution in [2.75, 3.05) is 0 Å². The number of carbonyl (C=O) groups is 3. The fraction of sp³-hybridized carbons (Fsp3) is 0.269. The quantitative estimate of drug-likeness (QED) is 0.476. The first-order valence-corrected chi connectivity index (χ1v) is 11.1. The van der Waals surface area contributed by atoms with Crippen molar-refractivity contribution in [1.82, 2.24) is 9.88 Å². The number of nitrogens with one attached hydrogen (secondary N) is 1. The van der Waals surface area contributed by atoms with Gasteiger partial charge in [0.15, 0.2) is 0 Å². The molecule has 0 saturated carbocycles. The van der Waals surface area contributed by atoms with Gasteiger partial charge >= 0.3 is 5.97 Å². The Morgan fingerprint density at radius 1 is 1.09 bits per heavy atom. The van der Waals surface area contributed by atoms with Crippen LogP contribution in [0.4, 0.5) is 0 Å². The summed E-state index contributed by atoms with van der Waals surface area (Å²) in [5.74, 6) is -1.64. The lowest BCUT2D eigenvalue weighted by Crippen LogP contribution is -2.54. The van der Waals surface area contributed by atoms with Gasteiger partial charge in [0.1, 0.15) is 17.8 Å². The summed E-state index contributed by atoms with van der Waals surface area (Å²) in [6.45, 7) is 1.72. The number of hydrogen-bond donors (Lipinski definition) is 2. The van der Waals surface area contributed by atoms with E-state index in [1.807, 2.05) is 66.7 Å². The molecule has 2 aromatic carbocycles. The molecule has 34 heavy (non-hydrogen) atoms. The number of amides is 2. The van der Waals surface area contributed by atoms with E-state index in [4.69, 9.17) is 15.2 Å². The molecule has 3 aromatic rings. The van der Waals surface area contributed by atoms with Crippen molar-refractivity contribution in [2.45, 2.75) is 44.7 Å². The molecule has 0 bridgehead atoms. The van der Waals surface area contributed by atoms with Gasteiger partial charge in [-0.25, -0.2) is 0 Å². The number of rotatable bonds is 9. The summed E-state index contributed by atoms with van der Waals surface area (Å²) in [6, 6.07) is 19.2. The van der Waals surface area contributed by atoms with Gasteiger partial charge in [-0.3, -0.25) is 14.4 Å². The van der Waals surface area contributed by atoms with Crippen LogP contribution in [0.2, 0.25) is 0 Å². The van der Waals surface area contributed by atoms with Crippen LogP contribution >= 0.6 is 0 Å². The molecule has 0 aliphatic carbocycles. The van der Waals surface area contributed by atoms with Crippen molar-refractivity contribution in [3.05, 3.63) is 95.3 Å². The van der Waals surface area contributed by atoms with Gasteiger partial charge in [0.2, 0.25) is 12.2 Å². The normalized spacial score (nSPS) is 18.3. The van der Waals surface area contributed by atoms with Gasteiger partial charge in [0, 0.05) is 6.20 Å². The van der Waals surface area contributed by atoms with E-state index in [1.165, 1.54) is 11.8 Å². The number of primary amides is 1. The van der Waals surface area contributed by atoms with Crippen molar-refractivity contribution in [3.8, 4) is 0 Å². The maximum Gasteiger partial charge on any atom is 0.310 e. The molecule has 3 atom stereocenters. The molecule has 1 saturated heterocycles. The van der Waals surface area contributed by atoms with Crippen LogP contribution in [0, 0.1) is 0 Å². The molecule has 0 spiro atoms. The molecular weight excluding hydrogens is 434 g/mol. The third-order valence-electron chi connectivity index (χ3n) is 5.90. The maximum absolute atomic E-state index is 13.7. The van der Waals surface area contributed by atoms with E-state index in [9.17, 15) is 14.4 Å². The number of esters is 1. The number of hydrogen-bond acceptors (Lipinski definition) is 5. The lowest BCUT2D eigenvalue weighted by Gasteiger charge is -2.34. The van der Waals surface area contributed by atoms with E-state index in [2.05, 4.69) is 4.98 Å². The Morgan fingerprint density at radius 2 is 1.74 bits per heavy atom. The zero-order valence-electron chi connectivity index (χ0n) is 18.8. The SMILES string of the molecule is C[C@@H](C(N)=O)N(C(=O)c1[nH]ccc1Cc1ccccc1)C1CC(=O)O[C@@H]1OCc1ccccc1. The molecular formula is C26H27N3O5. The Balaban J connectivity index is 1.60. The van der Waals surface area contributed by atoms with E-state index in [0.29, 0.717) is 12.1 Å². The second-order valence-electron chi connectivity index (χ2n) is 8.26. The molecule has 1 fully saturated rings. The van der Waals surface area contributed by atoms with Gasteiger partial charge in [-0.1, -0.05) is 60.7 Å². The lowest BCUT2D eigenvalue weighted by atomic mass is 10.0. The van der Waals surface area contributed by atoms with Crippen molar-refractivity contribution in [1.29, 1.82) is 0 Å². The maximum atomic E-state index is 13.7. The summed E-state index contributed by atoms with van der Waals surface area (Å²) in [5, 5.41) is 0. The Kier molecular flexibility index (Phi) is 7.08. The fourth-order valence-corrected chi connectivity index (χ4v) is 4.09. The number of carbonyl (C=O) groups excluding carboxylic acids is 3. The van der Waals surface area contributed by atoms with Crippen molar-refractivity contribution >= 4 is 17.8 Å². The van der Waals surface area contributed by atoms with Crippen molar-refractivity contribution in [2.24, 2.45) is 5.73 Å². The molecule has 1 unspecified atom stereocenters. The summed E-state index contributed by atoms with van der Waals surface area (Å²) in [6.07, 6.45) is 1.08. The molecule has 176 valence electrons. The molecule has 2 heterocycles. The highest BCUT2D eigenvalue weighted by Crippen LogP contribution is 2.27. The van der Waals surface area contributed by atoms with Crippen LogP contribution in [-0.4, -0.2) is 46.0 Å². The molecule has 4 rings (SSSR count). The van der Waals surface area contributed by atoms with Gasteiger partial charge in [0.25, 0.3) is 5.91 Å². The predicted octanol–water partition coefficient (Wildman–Crippen LogP) is 2.78. The first-order chi connectivity index (χ1) is 16.4. The first kappa shape index (κ1) is 23.3. The molecule has 8 heteroatoms. The predicted molar refractivity (Wildman–Crippen MR) is 124 cm³/mol. The second-order valence-corrected chi connectivity index (χ2v) is 8.26. The number of cyclic esters (lactones) is 1. The van der Waals surface area contributed by atoms with Crippen LogP contribution in [0.3, 0.4) is 0 Å². The Hall–Kier alpha value is -3.91. The Bertz CT molecular complexity index is 1150. The average Bonchev–Trinajstić information content (AvgIpc) is 3.45. The van der Waals surface area contributed by atoms with E-state index < -0.39 is 36.2 Å². The zero-order valence-corrected chi connectivity index (χ0v) is 18.8. The number of ether oxygens (including phenoxy) is 2. The highest BCUT2D eigenvalue weighted by Gasteiger charge is 2.45. The first-order valence-electron chi connectivity index (χ1n) is 11.1. The Morgan fingerprint density at radius 3 is 2.38 bits per heavy atom. The van der Waals surface area contributed by atoms with Crippen molar-refractivity contribution < 1.29 is 23.9 Å². The molecule has 0 radical (unpaired) electrons. The smallest absolute Gasteiger partial charge is 0.310 e. The number of nitrogens with two attached hydrogens (primary N) is 1. The minimum atomic E-state index is -1.02. The third-order valence-corrected chi connectivity index (χ3v) is 5.90. The molecule has 1 aliphatic heterocycles. The van der Waals surface area contributed by atoms with E-state index in [1.54, 1.807) is 6.20 Å². The highest BCUT2D eigenvalue weighted by atomic mass is 16.7. The monoisotopic (exact) mass is 461 g/mol. The molecule has 2 amide bonds. The lowest BCUT2D eigenvalue weighted by molar-refractivity contribution is -0.171. The summed E-state index contributed by atoms with van der Waals surface area (Å²) >= 11 is 0.